The van der Waals surface area contributed by atoms with Crippen LogP contribution in [0.2, 0.25) is 0 Å². The summed E-state index contributed by atoms with van der Waals surface area (Å²) >= 11 is 0. The molecule has 1 aromatic heterocycles. The van der Waals surface area contributed by atoms with Gasteiger partial charge in [-0.3, -0.25) is 0 Å². The molecule has 3 aromatic rings. The number of methoxy groups -OCH3 is 1. The van der Waals surface area contributed by atoms with E-state index in [0.717, 1.165) is 29.2 Å². The van der Waals surface area contributed by atoms with Crippen molar-refractivity contribution in [1.29, 1.82) is 0 Å². The number of fused-ring (bicyclic) bond motifs is 1. The van der Waals surface area contributed by atoms with Gasteiger partial charge in [-0.05, 0) is 30.2 Å². The molecule has 1 aliphatic heterocycles. The van der Waals surface area contributed by atoms with Gasteiger partial charge in [-0.25, -0.2) is 0 Å². The third-order valence-corrected chi connectivity index (χ3v) is 4.25. The Bertz CT molecular complexity index is 951. The van der Waals surface area contributed by atoms with Crippen LogP contribution in [0.4, 0.5) is 17.5 Å². The molecule has 0 unspecified atom stereocenters. The second-order valence-corrected chi connectivity index (χ2v) is 6.14. The van der Waals surface area contributed by atoms with Crippen LogP contribution >= 0.6 is 0 Å². The highest BCUT2D eigenvalue weighted by atomic mass is 16.6. The molecule has 0 atom stereocenters. The zero-order valence-electron chi connectivity index (χ0n) is 15.5. The molecule has 2 N–H and O–H groups in total. The number of benzene rings is 2. The van der Waals surface area contributed by atoms with Gasteiger partial charge in [-0.1, -0.05) is 18.2 Å². The van der Waals surface area contributed by atoms with E-state index in [0.29, 0.717) is 37.3 Å². The van der Waals surface area contributed by atoms with Crippen LogP contribution in [-0.4, -0.2) is 42.0 Å². The topological polar surface area (TPSA) is 90.4 Å². The van der Waals surface area contributed by atoms with Gasteiger partial charge in [-0.15, -0.1) is 5.10 Å². The van der Waals surface area contributed by atoms with Gasteiger partial charge in [0, 0.05) is 18.3 Å². The first kappa shape index (κ1) is 17.8. The Morgan fingerprint density at radius 2 is 1.93 bits per heavy atom. The second-order valence-electron chi connectivity index (χ2n) is 6.14. The molecule has 8 nitrogen and oxygen atoms in total. The van der Waals surface area contributed by atoms with Crippen LogP contribution in [0.1, 0.15) is 5.56 Å². The number of nitrogens with zero attached hydrogens (tertiary/aromatic N) is 3. The minimum atomic E-state index is 0.402. The summed E-state index contributed by atoms with van der Waals surface area (Å²) in [5, 5.41) is 14.5. The highest BCUT2D eigenvalue weighted by Crippen LogP contribution is 2.33. The van der Waals surface area contributed by atoms with Crippen molar-refractivity contribution in [2.24, 2.45) is 0 Å². The molecule has 144 valence electrons. The van der Waals surface area contributed by atoms with Gasteiger partial charge in [0.1, 0.15) is 19.0 Å². The van der Waals surface area contributed by atoms with Crippen molar-refractivity contribution in [3.05, 3.63) is 54.2 Å². The first-order valence-corrected chi connectivity index (χ1v) is 9.04. The predicted octanol–water partition coefficient (Wildman–Crippen LogP) is 3.05. The molecule has 2 aromatic carbocycles. The zero-order valence-corrected chi connectivity index (χ0v) is 15.5. The van der Waals surface area contributed by atoms with Crippen molar-refractivity contribution in [2.75, 3.05) is 37.5 Å². The lowest BCUT2D eigenvalue weighted by molar-refractivity contribution is 0.171. The molecule has 0 fully saturated rings. The lowest BCUT2D eigenvalue weighted by Gasteiger charge is -2.19. The Hall–Kier alpha value is -3.55. The van der Waals surface area contributed by atoms with Crippen molar-refractivity contribution in [1.82, 2.24) is 15.2 Å². The van der Waals surface area contributed by atoms with Gasteiger partial charge in [0.25, 0.3) is 0 Å². The van der Waals surface area contributed by atoms with Crippen molar-refractivity contribution in [2.45, 2.75) is 6.42 Å². The molecule has 0 saturated heterocycles. The average molecular weight is 379 g/mol. The van der Waals surface area contributed by atoms with Crippen LogP contribution in [-0.2, 0) is 6.42 Å². The first-order chi connectivity index (χ1) is 13.8. The second kappa shape index (κ2) is 8.43. The summed E-state index contributed by atoms with van der Waals surface area (Å²) in [5.74, 6) is 3.37. The summed E-state index contributed by atoms with van der Waals surface area (Å²) in [6.07, 6.45) is 2.40. The number of nitrogens with one attached hydrogen (secondary N) is 2. The number of rotatable bonds is 7. The van der Waals surface area contributed by atoms with Gasteiger partial charge in [0.05, 0.1) is 13.3 Å². The Kier molecular flexibility index (Phi) is 5.37. The summed E-state index contributed by atoms with van der Waals surface area (Å²) in [6.45, 7) is 1.80. The van der Waals surface area contributed by atoms with E-state index in [1.807, 2.05) is 42.5 Å². The fraction of sp³-hybridized carbons (Fsp3) is 0.250. The molecule has 0 spiro atoms. The summed E-state index contributed by atoms with van der Waals surface area (Å²) in [6, 6.07) is 13.6. The standard InChI is InChI=1S/C20H21N5O3/c1-26-16-5-3-2-4-14(16)8-9-21-19-13-22-25-20(24-19)23-15-6-7-17-18(12-15)28-11-10-27-17/h2-7,12-13H,8-11H2,1H3,(H2,21,23,24,25). The quantitative estimate of drug-likeness (QED) is 0.647. The van der Waals surface area contributed by atoms with E-state index in [2.05, 4.69) is 25.8 Å². The summed E-state index contributed by atoms with van der Waals surface area (Å²) in [5.41, 5.74) is 1.94. The highest BCUT2D eigenvalue weighted by Gasteiger charge is 2.12. The largest absolute Gasteiger partial charge is 0.496 e. The maximum absolute atomic E-state index is 5.60. The maximum atomic E-state index is 5.60. The number of anilines is 3. The number of para-hydroxylation sites is 1. The Morgan fingerprint density at radius 1 is 1.07 bits per heavy atom. The lowest BCUT2D eigenvalue weighted by Crippen LogP contribution is -2.15. The monoisotopic (exact) mass is 379 g/mol. The van der Waals surface area contributed by atoms with Crippen LogP contribution in [0.25, 0.3) is 0 Å². The molecule has 0 amide bonds. The van der Waals surface area contributed by atoms with Crippen LogP contribution in [0, 0.1) is 0 Å². The number of ether oxygens (including phenoxy) is 3. The van der Waals surface area contributed by atoms with Crippen LogP contribution in [0.5, 0.6) is 17.2 Å². The third-order valence-electron chi connectivity index (χ3n) is 4.25. The van der Waals surface area contributed by atoms with Crippen molar-refractivity contribution < 1.29 is 14.2 Å². The van der Waals surface area contributed by atoms with Gasteiger partial charge >= 0.3 is 0 Å². The molecule has 0 radical (unpaired) electrons. The number of hydrogen-bond acceptors (Lipinski definition) is 8. The summed E-state index contributed by atoms with van der Waals surface area (Å²) < 4.78 is 16.5. The van der Waals surface area contributed by atoms with Crippen molar-refractivity contribution >= 4 is 17.5 Å². The molecule has 28 heavy (non-hydrogen) atoms. The van der Waals surface area contributed by atoms with E-state index in [1.54, 1.807) is 13.3 Å². The van der Waals surface area contributed by atoms with Crippen LogP contribution < -0.4 is 24.8 Å². The smallest absolute Gasteiger partial charge is 0.249 e. The molecule has 2 heterocycles. The van der Waals surface area contributed by atoms with Crippen molar-refractivity contribution in [3.63, 3.8) is 0 Å². The fourth-order valence-corrected chi connectivity index (χ4v) is 2.93. The average Bonchev–Trinajstić information content (AvgIpc) is 2.74. The molecule has 0 bridgehead atoms. The first-order valence-electron chi connectivity index (χ1n) is 9.04. The molecule has 0 aliphatic carbocycles. The van der Waals surface area contributed by atoms with Gasteiger partial charge < -0.3 is 24.8 Å². The molecular weight excluding hydrogens is 358 g/mol. The van der Waals surface area contributed by atoms with Gasteiger partial charge in [0.2, 0.25) is 5.95 Å². The fourth-order valence-electron chi connectivity index (χ4n) is 2.93. The van der Waals surface area contributed by atoms with Gasteiger partial charge in [-0.2, -0.15) is 10.1 Å². The summed E-state index contributed by atoms with van der Waals surface area (Å²) in [4.78, 5) is 4.45. The third kappa shape index (κ3) is 4.22. The van der Waals surface area contributed by atoms with Crippen molar-refractivity contribution in [3.8, 4) is 17.2 Å². The van der Waals surface area contributed by atoms with Crippen LogP contribution in [0.3, 0.4) is 0 Å². The highest BCUT2D eigenvalue weighted by molar-refractivity contribution is 5.60. The van der Waals surface area contributed by atoms with E-state index in [4.69, 9.17) is 14.2 Å². The minimum absolute atomic E-state index is 0.402. The molecule has 0 saturated carbocycles. The molecular formula is C20H21N5O3. The summed E-state index contributed by atoms with van der Waals surface area (Å²) in [7, 11) is 1.68. The predicted molar refractivity (Wildman–Crippen MR) is 106 cm³/mol. The number of aromatic nitrogens is 3. The zero-order chi connectivity index (χ0) is 19.2. The Labute approximate surface area is 162 Å². The minimum Gasteiger partial charge on any atom is -0.496 e. The lowest BCUT2D eigenvalue weighted by atomic mass is 10.1. The van der Waals surface area contributed by atoms with E-state index in [-0.39, 0.29) is 0 Å². The van der Waals surface area contributed by atoms with E-state index >= 15 is 0 Å². The van der Waals surface area contributed by atoms with Gasteiger partial charge in [0.15, 0.2) is 17.3 Å². The van der Waals surface area contributed by atoms with Crippen LogP contribution in [0.15, 0.2) is 48.7 Å². The normalized spacial score (nSPS) is 12.3. The molecule has 1 aliphatic rings. The van der Waals surface area contributed by atoms with E-state index < -0.39 is 0 Å². The Morgan fingerprint density at radius 3 is 2.82 bits per heavy atom. The number of hydrogen-bond donors (Lipinski definition) is 2. The maximum Gasteiger partial charge on any atom is 0.249 e. The van der Waals surface area contributed by atoms with E-state index in [9.17, 15) is 0 Å². The van der Waals surface area contributed by atoms with E-state index in [1.165, 1.54) is 0 Å². The SMILES string of the molecule is COc1ccccc1CCNc1cnnc(Nc2ccc3c(c2)OCCO3)n1. The molecule has 4 rings (SSSR count). The molecule has 8 heteroatoms. The Balaban J connectivity index is 1.38.